The van der Waals surface area contributed by atoms with E-state index in [1.165, 1.54) is 17.3 Å². The van der Waals surface area contributed by atoms with E-state index in [9.17, 15) is 4.79 Å². The van der Waals surface area contributed by atoms with Crippen LogP contribution in [0, 0.1) is 13.8 Å². The maximum atomic E-state index is 13.3. The Bertz CT molecular complexity index is 1330. The van der Waals surface area contributed by atoms with Gasteiger partial charge in [0.05, 0.1) is 11.4 Å². The minimum Gasteiger partial charge on any atom is -0.321 e. The van der Waals surface area contributed by atoms with Gasteiger partial charge < -0.3 is 5.32 Å². The van der Waals surface area contributed by atoms with E-state index < -0.39 is 0 Å². The summed E-state index contributed by atoms with van der Waals surface area (Å²) in [5.41, 5.74) is 5.07. The van der Waals surface area contributed by atoms with E-state index in [0.29, 0.717) is 38.0 Å². The van der Waals surface area contributed by atoms with Crippen molar-refractivity contribution in [3.05, 3.63) is 86.9 Å². The molecule has 186 valence electrons. The van der Waals surface area contributed by atoms with E-state index in [1.807, 2.05) is 44.2 Å². The third-order valence-corrected chi connectivity index (χ3v) is 6.70. The van der Waals surface area contributed by atoms with Gasteiger partial charge in [-0.25, -0.2) is 14.6 Å². The predicted octanol–water partition coefficient (Wildman–Crippen LogP) is 6.87. The molecule has 0 saturated heterocycles. The number of hydrogen-bond donors (Lipinski definition) is 1. The zero-order chi connectivity index (χ0) is 25.7. The molecule has 7 nitrogen and oxygen atoms in total. The number of aromatic nitrogens is 5. The normalized spacial score (nSPS) is 11.0. The lowest BCUT2D eigenvalue weighted by Crippen LogP contribution is -2.15. The largest absolute Gasteiger partial charge is 0.321 e. The average Bonchev–Trinajstić information content (AvgIpc) is 3.25. The monoisotopic (exact) mass is 540 g/mol. The summed E-state index contributed by atoms with van der Waals surface area (Å²) in [6, 6.07) is 14.9. The van der Waals surface area contributed by atoms with Crippen LogP contribution in [0.1, 0.15) is 52.9 Å². The number of hydrogen-bond acceptors (Lipinski definition) is 6. The number of halogens is 2. The number of unbranched alkanes of at least 4 members (excludes halogenated alkanes) is 1. The van der Waals surface area contributed by atoms with Gasteiger partial charge in [-0.15, -0.1) is 5.10 Å². The first-order chi connectivity index (χ1) is 17.3. The summed E-state index contributed by atoms with van der Waals surface area (Å²) in [6.07, 6.45) is 3.29. The van der Waals surface area contributed by atoms with Crippen molar-refractivity contribution in [2.45, 2.75) is 50.9 Å². The van der Waals surface area contributed by atoms with E-state index in [0.717, 1.165) is 30.7 Å². The smallest absolute Gasteiger partial charge is 0.278 e. The lowest BCUT2D eigenvalue weighted by atomic mass is 10.1. The fourth-order valence-electron chi connectivity index (χ4n) is 3.69. The van der Waals surface area contributed by atoms with Crippen LogP contribution < -0.4 is 5.32 Å². The molecule has 0 aliphatic rings. The summed E-state index contributed by atoms with van der Waals surface area (Å²) in [5.74, 6) is 0.00580. The highest BCUT2D eigenvalue weighted by Gasteiger charge is 2.22. The number of amides is 1. The van der Waals surface area contributed by atoms with Crippen molar-refractivity contribution in [1.82, 2.24) is 25.0 Å². The van der Waals surface area contributed by atoms with Gasteiger partial charge in [0, 0.05) is 32.9 Å². The number of thioether (sulfide) groups is 1. The molecule has 0 bridgehead atoms. The minimum absolute atomic E-state index is 0.207. The van der Waals surface area contributed by atoms with Gasteiger partial charge in [-0.2, -0.15) is 0 Å². The zero-order valence-electron chi connectivity index (χ0n) is 20.3. The van der Waals surface area contributed by atoms with Crippen molar-refractivity contribution in [2.24, 2.45) is 0 Å². The summed E-state index contributed by atoms with van der Waals surface area (Å²) in [4.78, 5) is 22.3. The van der Waals surface area contributed by atoms with Crippen LogP contribution >= 0.6 is 35.0 Å². The van der Waals surface area contributed by atoms with E-state index >= 15 is 0 Å². The maximum absolute atomic E-state index is 13.3. The predicted molar refractivity (Wildman–Crippen MR) is 145 cm³/mol. The number of rotatable bonds is 9. The standard InChI is InChI=1S/C26H26Cl2N6OS/c1-4-5-6-18-7-9-21(10-8-18)31-25(35)24-23(15-36-26-29-16(2)11-17(3)30-26)34(33-32-24)22-13-19(27)12-20(28)14-22/h7-14H,4-6,15H2,1-3H3,(H,31,35). The second-order valence-electron chi connectivity index (χ2n) is 8.40. The van der Waals surface area contributed by atoms with E-state index in [4.69, 9.17) is 23.2 Å². The Labute approximate surface area is 224 Å². The van der Waals surface area contributed by atoms with Crippen LogP contribution in [-0.2, 0) is 12.2 Å². The zero-order valence-corrected chi connectivity index (χ0v) is 22.6. The number of aryl methyl sites for hydroxylation is 3. The number of carbonyl (C=O) groups excluding carboxylic acids is 1. The second-order valence-corrected chi connectivity index (χ2v) is 10.2. The third kappa shape index (κ3) is 6.63. The molecule has 10 heteroatoms. The number of anilines is 1. The van der Waals surface area contributed by atoms with Gasteiger partial charge >= 0.3 is 0 Å². The van der Waals surface area contributed by atoms with Gasteiger partial charge in [-0.3, -0.25) is 4.79 Å². The molecule has 0 aliphatic carbocycles. The molecule has 0 radical (unpaired) electrons. The minimum atomic E-state index is -0.354. The number of nitrogens with one attached hydrogen (secondary N) is 1. The molecular weight excluding hydrogens is 515 g/mol. The Morgan fingerprint density at radius 2 is 1.67 bits per heavy atom. The fraction of sp³-hybridized carbons (Fsp3) is 0.269. The van der Waals surface area contributed by atoms with Crippen LogP contribution in [0.25, 0.3) is 5.69 Å². The van der Waals surface area contributed by atoms with Gasteiger partial charge in [-0.1, -0.05) is 65.7 Å². The van der Waals surface area contributed by atoms with Crippen molar-refractivity contribution in [3.63, 3.8) is 0 Å². The molecule has 36 heavy (non-hydrogen) atoms. The van der Waals surface area contributed by atoms with Crippen LogP contribution in [0.5, 0.6) is 0 Å². The maximum Gasteiger partial charge on any atom is 0.278 e. The number of carbonyl (C=O) groups is 1. The SMILES string of the molecule is CCCCc1ccc(NC(=O)c2nnn(-c3cc(Cl)cc(Cl)c3)c2CSc2nc(C)cc(C)n2)cc1. The quantitative estimate of drug-likeness (QED) is 0.184. The highest BCUT2D eigenvalue weighted by Crippen LogP contribution is 2.27. The van der Waals surface area contributed by atoms with E-state index in [-0.39, 0.29) is 11.6 Å². The van der Waals surface area contributed by atoms with E-state index in [1.54, 1.807) is 22.9 Å². The van der Waals surface area contributed by atoms with Gasteiger partial charge in [0.15, 0.2) is 10.9 Å². The summed E-state index contributed by atoms with van der Waals surface area (Å²) in [5, 5.41) is 12.9. The Kier molecular flexibility index (Phi) is 8.61. The second kappa shape index (κ2) is 11.9. The molecule has 1 amide bonds. The van der Waals surface area contributed by atoms with Crippen LogP contribution in [0.4, 0.5) is 5.69 Å². The van der Waals surface area contributed by atoms with E-state index in [2.05, 4.69) is 32.5 Å². The summed E-state index contributed by atoms with van der Waals surface area (Å²) < 4.78 is 1.58. The third-order valence-electron chi connectivity index (χ3n) is 5.40. The summed E-state index contributed by atoms with van der Waals surface area (Å²) in [6.45, 7) is 6.01. The van der Waals surface area contributed by atoms with Crippen molar-refractivity contribution in [1.29, 1.82) is 0 Å². The molecule has 4 rings (SSSR count). The molecule has 0 saturated carbocycles. The summed E-state index contributed by atoms with van der Waals surface area (Å²) in [7, 11) is 0. The topological polar surface area (TPSA) is 85.6 Å². The molecular formula is C26H26Cl2N6OS. The lowest BCUT2D eigenvalue weighted by Gasteiger charge is -2.10. The number of nitrogens with zero attached hydrogens (tertiary/aromatic N) is 5. The summed E-state index contributed by atoms with van der Waals surface area (Å²) >= 11 is 13.9. The highest BCUT2D eigenvalue weighted by atomic mass is 35.5. The first kappa shape index (κ1) is 26.1. The molecule has 2 aromatic heterocycles. The first-order valence-electron chi connectivity index (χ1n) is 11.6. The molecule has 0 unspecified atom stereocenters. The van der Waals surface area contributed by atoms with Crippen molar-refractivity contribution >= 4 is 46.6 Å². The Morgan fingerprint density at radius 3 is 2.31 bits per heavy atom. The van der Waals surface area contributed by atoms with Crippen molar-refractivity contribution in [3.8, 4) is 5.69 Å². The molecule has 4 aromatic rings. The first-order valence-corrected chi connectivity index (χ1v) is 13.3. The van der Waals surface area contributed by atoms with Crippen LogP contribution in [-0.4, -0.2) is 30.9 Å². The molecule has 0 aliphatic heterocycles. The molecule has 0 spiro atoms. The van der Waals surface area contributed by atoms with Gasteiger partial charge in [-0.05, 0) is 68.7 Å². The van der Waals surface area contributed by atoms with Gasteiger partial charge in [0.25, 0.3) is 5.91 Å². The Balaban J connectivity index is 1.63. The number of benzene rings is 2. The van der Waals surface area contributed by atoms with Gasteiger partial charge in [0.2, 0.25) is 0 Å². The Morgan fingerprint density at radius 1 is 1.00 bits per heavy atom. The molecule has 2 heterocycles. The molecule has 1 N–H and O–H groups in total. The molecule has 0 fully saturated rings. The fourth-order valence-corrected chi connectivity index (χ4v) is 5.15. The van der Waals surface area contributed by atoms with Crippen LogP contribution in [0.2, 0.25) is 10.0 Å². The average molecular weight is 542 g/mol. The van der Waals surface area contributed by atoms with Crippen molar-refractivity contribution < 1.29 is 4.79 Å². The van der Waals surface area contributed by atoms with Crippen molar-refractivity contribution in [2.75, 3.05) is 5.32 Å². The highest BCUT2D eigenvalue weighted by molar-refractivity contribution is 7.98. The molecule has 2 aromatic carbocycles. The van der Waals surface area contributed by atoms with Crippen LogP contribution in [0.3, 0.4) is 0 Å². The molecule has 0 atom stereocenters. The van der Waals surface area contributed by atoms with Crippen LogP contribution in [0.15, 0.2) is 53.7 Å². The van der Waals surface area contributed by atoms with Gasteiger partial charge in [0.1, 0.15) is 0 Å². The Hall–Kier alpha value is -2.94. The lowest BCUT2D eigenvalue weighted by molar-refractivity contribution is 0.102.